The van der Waals surface area contributed by atoms with Crippen molar-refractivity contribution in [3.8, 4) is 12.3 Å². The van der Waals surface area contributed by atoms with Gasteiger partial charge in [0.2, 0.25) is 0 Å². The standard InChI is InChI=1S/C9H13NO3/c1-2-5-10-6-7-3-4-8(13-7)9(11)12/h1,7-8,10H,3-6H2,(H,11,12). The highest BCUT2D eigenvalue weighted by Crippen LogP contribution is 2.18. The minimum atomic E-state index is -0.876. The molecule has 1 heterocycles. The van der Waals surface area contributed by atoms with Gasteiger partial charge in [-0.2, -0.15) is 0 Å². The molecule has 2 N–H and O–H groups in total. The van der Waals surface area contributed by atoms with Gasteiger partial charge in [0.15, 0.2) is 6.10 Å². The molecule has 1 saturated heterocycles. The second-order valence-corrected chi connectivity index (χ2v) is 3.00. The first-order valence-corrected chi connectivity index (χ1v) is 4.26. The quantitative estimate of drug-likeness (QED) is 0.470. The predicted octanol–water partition coefficient (Wildman–Crippen LogP) is -0.159. The third-order valence-corrected chi connectivity index (χ3v) is 1.98. The van der Waals surface area contributed by atoms with Gasteiger partial charge in [0.1, 0.15) is 0 Å². The van der Waals surface area contributed by atoms with Crippen LogP contribution < -0.4 is 5.32 Å². The molecule has 4 nitrogen and oxygen atoms in total. The van der Waals surface area contributed by atoms with Gasteiger partial charge in [-0.1, -0.05) is 5.92 Å². The lowest BCUT2D eigenvalue weighted by molar-refractivity contribution is -0.149. The number of ether oxygens (including phenoxy) is 1. The fourth-order valence-corrected chi connectivity index (χ4v) is 1.34. The number of hydrogen-bond acceptors (Lipinski definition) is 3. The summed E-state index contributed by atoms with van der Waals surface area (Å²) in [4.78, 5) is 10.5. The number of terminal acetylenes is 1. The van der Waals surface area contributed by atoms with E-state index in [1.54, 1.807) is 0 Å². The molecule has 0 aromatic rings. The van der Waals surface area contributed by atoms with Crippen molar-refractivity contribution < 1.29 is 14.6 Å². The smallest absolute Gasteiger partial charge is 0.332 e. The highest BCUT2D eigenvalue weighted by atomic mass is 16.5. The van der Waals surface area contributed by atoms with E-state index in [-0.39, 0.29) is 6.10 Å². The SMILES string of the molecule is C#CCNCC1CCC(C(=O)O)O1. The Morgan fingerprint density at radius 2 is 2.46 bits per heavy atom. The Hall–Kier alpha value is -1.05. The largest absolute Gasteiger partial charge is 0.479 e. The fourth-order valence-electron chi connectivity index (χ4n) is 1.34. The van der Waals surface area contributed by atoms with Gasteiger partial charge in [0.25, 0.3) is 0 Å². The summed E-state index contributed by atoms with van der Waals surface area (Å²) in [5.74, 6) is 1.57. The topological polar surface area (TPSA) is 58.6 Å². The van der Waals surface area contributed by atoms with E-state index in [2.05, 4.69) is 11.2 Å². The van der Waals surface area contributed by atoms with E-state index in [4.69, 9.17) is 16.3 Å². The number of nitrogens with one attached hydrogen (secondary N) is 1. The maximum atomic E-state index is 10.5. The van der Waals surface area contributed by atoms with Gasteiger partial charge in [-0.05, 0) is 12.8 Å². The molecule has 2 unspecified atom stereocenters. The van der Waals surface area contributed by atoms with Crippen molar-refractivity contribution in [3.05, 3.63) is 0 Å². The van der Waals surface area contributed by atoms with Crippen LogP contribution in [0.3, 0.4) is 0 Å². The number of carbonyl (C=O) groups is 1. The van der Waals surface area contributed by atoms with E-state index >= 15 is 0 Å². The van der Waals surface area contributed by atoms with Gasteiger partial charge in [0.05, 0.1) is 12.6 Å². The normalized spacial score (nSPS) is 27.0. The molecule has 0 bridgehead atoms. The first-order chi connectivity index (χ1) is 6.24. The minimum Gasteiger partial charge on any atom is -0.479 e. The highest BCUT2D eigenvalue weighted by molar-refractivity contribution is 5.72. The first kappa shape index (κ1) is 10.0. The van der Waals surface area contributed by atoms with Crippen LogP contribution in [0.4, 0.5) is 0 Å². The molecule has 0 aliphatic carbocycles. The van der Waals surface area contributed by atoms with Gasteiger partial charge in [-0.25, -0.2) is 4.79 Å². The van der Waals surface area contributed by atoms with Gasteiger partial charge in [-0.15, -0.1) is 6.42 Å². The molecule has 0 aromatic carbocycles. The monoisotopic (exact) mass is 183 g/mol. The number of aliphatic carboxylic acids is 1. The average molecular weight is 183 g/mol. The van der Waals surface area contributed by atoms with E-state index in [0.29, 0.717) is 19.5 Å². The van der Waals surface area contributed by atoms with E-state index in [1.807, 2.05) is 0 Å². The molecule has 1 fully saturated rings. The molecule has 0 aromatic heterocycles. The Kier molecular flexibility index (Phi) is 3.74. The van der Waals surface area contributed by atoms with Crippen molar-refractivity contribution in [2.45, 2.75) is 25.0 Å². The van der Waals surface area contributed by atoms with Gasteiger partial charge in [-0.3, -0.25) is 0 Å². The maximum absolute atomic E-state index is 10.5. The van der Waals surface area contributed by atoms with Crippen LogP contribution in [0.2, 0.25) is 0 Å². The summed E-state index contributed by atoms with van der Waals surface area (Å²) in [6.45, 7) is 1.13. The van der Waals surface area contributed by atoms with Crippen LogP contribution in [0.5, 0.6) is 0 Å². The third-order valence-electron chi connectivity index (χ3n) is 1.98. The van der Waals surface area contributed by atoms with Crippen molar-refractivity contribution in [2.24, 2.45) is 0 Å². The summed E-state index contributed by atoms with van der Waals surface area (Å²) in [7, 11) is 0. The van der Waals surface area contributed by atoms with Crippen LogP contribution in [0.1, 0.15) is 12.8 Å². The Balaban J connectivity index is 2.18. The second kappa shape index (κ2) is 4.85. The molecule has 0 spiro atoms. The first-order valence-electron chi connectivity index (χ1n) is 4.26. The van der Waals surface area contributed by atoms with E-state index < -0.39 is 12.1 Å². The van der Waals surface area contributed by atoms with E-state index in [1.165, 1.54) is 0 Å². The summed E-state index contributed by atoms with van der Waals surface area (Å²) in [6.07, 6.45) is 5.79. The van der Waals surface area contributed by atoms with Gasteiger partial charge >= 0.3 is 5.97 Å². The van der Waals surface area contributed by atoms with Crippen LogP contribution >= 0.6 is 0 Å². The second-order valence-electron chi connectivity index (χ2n) is 3.00. The van der Waals surface area contributed by atoms with Crippen molar-refractivity contribution in [3.63, 3.8) is 0 Å². The van der Waals surface area contributed by atoms with Crippen molar-refractivity contribution >= 4 is 5.97 Å². The van der Waals surface area contributed by atoms with E-state index in [0.717, 1.165) is 6.42 Å². The lowest BCUT2D eigenvalue weighted by Crippen LogP contribution is -2.29. The van der Waals surface area contributed by atoms with Crippen LogP contribution in [-0.4, -0.2) is 36.4 Å². The predicted molar refractivity (Wildman–Crippen MR) is 47.2 cm³/mol. The average Bonchev–Trinajstić information content (AvgIpc) is 2.53. The number of carboxylic acid groups (broad SMARTS) is 1. The summed E-state index contributed by atoms with van der Waals surface area (Å²) >= 11 is 0. The highest BCUT2D eigenvalue weighted by Gasteiger charge is 2.29. The Morgan fingerprint density at radius 3 is 3.00 bits per heavy atom. The zero-order chi connectivity index (χ0) is 9.68. The molecule has 72 valence electrons. The van der Waals surface area contributed by atoms with Crippen LogP contribution in [0.15, 0.2) is 0 Å². The van der Waals surface area contributed by atoms with Crippen molar-refractivity contribution in [2.75, 3.05) is 13.1 Å². The van der Waals surface area contributed by atoms with Crippen molar-refractivity contribution in [1.82, 2.24) is 5.32 Å². The van der Waals surface area contributed by atoms with Crippen molar-refractivity contribution in [1.29, 1.82) is 0 Å². The molecular weight excluding hydrogens is 170 g/mol. The molecule has 1 rings (SSSR count). The molecule has 0 saturated carbocycles. The van der Waals surface area contributed by atoms with Gasteiger partial charge in [0, 0.05) is 6.54 Å². The zero-order valence-electron chi connectivity index (χ0n) is 7.32. The minimum absolute atomic E-state index is 0.00514. The summed E-state index contributed by atoms with van der Waals surface area (Å²) in [6, 6.07) is 0. The summed E-state index contributed by atoms with van der Waals surface area (Å²) < 4.78 is 5.24. The Morgan fingerprint density at radius 1 is 1.69 bits per heavy atom. The van der Waals surface area contributed by atoms with Crippen LogP contribution in [0.25, 0.3) is 0 Å². The maximum Gasteiger partial charge on any atom is 0.332 e. The Bertz CT molecular complexity index is 221. The molecule has 4 heteroatoms. The number of hydrogen-bond donors (Lipinski definition) is 2. The number of carboxylic acids is 1. The molecule has 1 aliphatic heterocycles. The molecule has 13 heavy (non-hydrogen) atoms. The number of rotatable bonds is 4. The Labute approximate surface area is 77.3 Å². The molecule has 0 radical (unpaired) electrons. The molecular formula is C9H13NO3. The zero-order valence-corrected chi connectivity index (χ0v) is 7.32. The summed E-state index contributed by atoms with van der Waals surface area (Å²) in [5.41, 5.74) is 0. The van der Waals surface area contributed by atoms with Crippen LogP contribution in [0, 0.1) is 12.3 Å². The molecule has 0 amide bonds. The summed E-state index contributed by atoms with van der Waals surface area (Å²) in [5, 5.41) is 11.6. The van der Waals surface area contributed by atoms with Crippen LogP contribution in [-0.2, 0) is 9.53 Å². The fraction of sp³-hybridized carbons (Fsp3) is 0.667. The van der Waals surface area contributed by atoms with Gasteiger partial charge < -0.3 is 15.2 Å². The lowest BCUT2D eigenvalue weighted by Gasteiger charge is -2.10. The molecule has 1 aliphatic rings. The third kappa shape index (κ3) is 3.05. The molecule has 2 atom stereocenters. The lowest BCUT2D eigenvalue weighted by atomic mass is 10.2. The van der Waals surface area contributed by atoms with E-state index in [9.17, 15) is 4.79 Å².